The standard InChI is InChI=1S/C21H32N4O4S.HI/c1-7-22-20(24-14-21(4,26)19-12-15(2)29-16(19)3)23-13-17-8-10-18(11-9-17)30(27,28)25(5)6;/h8-12,26H,7,13-14H2,1-6H3,(H2,22,23,24);1H. The Bertz CT molecular complexity index is 983. The van der Waals surface area contributed by atoms with Crippen LogP contribution in [0.15, 0.2) is 44.6 Å². The lowest BCUT2D eigenvalue weighted by Gasteiger charge is -2.24. The molecule has 1 heterocycles. The van der Waals surface area contributed by atoms with E-state index in [-0.39, 0.29) is 35.4 Å². The monoisotopic (exact) mass is 564 g/mol. The summed E-state index contributed by atoms with van der Waals surface area (Å²) in [4.78, 5) is 4.78. The van der Waals surface area contributed by atoms with Crippen molar-refractivity contribution in [3.63, 3.8) is 0 Å². The van der Waals surface area contributed by atoms with Crippen molar-refractivity contribution >= 4 is 40.0 Å². The molecule has 2 rings (SSSR count). The molecule has 0 spiro atoms. The predicted molar refractivity (Wildman–Crippen MR) is 133 cm³/mol. The van der Waals surface area contributed by atoms with Gasteiger partial charge >= 0.3 is 0 Å². The zero-order valence-electron chi connectivity index (χ0n) is 18.9. The minimum Gasteiger partial charge on any atom is -0.466 e. The number of rotatable bonds is 8. The molecule has 0 fully saturated rings. The van der Waals surface area contributed by atoms with Gasteiger partial charge in [-0.2, -0.15) is 0 Å². The van der Waals surface area contributed by atoms with Crippen molar-refractivity contribution < 1.29 is 17.9 Å². The van der Waals surface area contributed by atoms with Crippen molar-refractivity contribution in [2.75, 3.05) is 27.2 Å². The highest BCUT2D eigenvalue weighted by molar-refractivity contribution is 14.0. The summed E-state index contributed by atoms with van der Waals surface area (Å²) in [6.07, 6.45) is 0. The Hall–Kier alpha value is -1.63. The van der Waals surface area contributed by atoms with Crippen molar-refractivity contribution in [1.82, 2.24) is 14.9 Å². The molecule has 0 saturated carbocycles. The highest BCUT2D eigenvalue weighted by Crippen LogP contribution is 2.26. The van der Waals surface area contributed by atoms with Crippen molar-refractivity contribution in [1.29, 1.82) is 0 Å². The number of nitrogens with zero attached hydrogens (tertiary/aromatic N) is 2. The molecule has 1 unspecified atom stereocenters. The number of furan rings is 1. The van der Waals surface area contributed by atoms with Crippen molar-refractivity contribution in [3.8, 4) is 0 Å². The second kappa shape index (κ2) is 11.3. The van der Waals surface area contributed by atoms with E-state index in [1.165, 1.54) is 18.4 Å². The maximum atomic E-state index is 12.2. The zero-order valence-corrected chi connectivity index (χ0v) is 22.0. The predicted octanol–water partition coefficient (Wildman–Crippen LogP) is 2.73. The van der Waals surface area contributed by atoms with Crippen LogP contribution in [0.2, 0.25) is 0 Å². The highest BCUT2D eigenvalue weighted by atomic mass is 127. The average molecular weight is 564 g/mol. The van der Waals surface area contributed by atoms with Crippen LogP contribution in [0.4, 0.5) is 0 Å². The zero-order chi connectivity index (χ0) is 22.5. The van der Waals surface area contributed by atoms with Crippen molar-refractivity contribution in [2.24, 2.45) is 4.99 Å². The average Bonchev–Trinajstić information content (AvgIpc) is 3.03. The normalized spacial score (nSPS) is 14.1. The SMILES string of the molecule is CCNC(=NCc1ccc(S(=O)(=O)N(C)C)cc1)NCC(C)(O)c1cc(C)oc1C.I. The molecule has 0 radical (unpaired) electrons. The molecule has 0 saturated heterocycles. The quantitative estimate of drug-likeness (QED) is 0.259. The van der Waals surface area contributed by atoms with Gasteiger partial charge in [0.15, 0.2) is 5.96 Å². The van der Waals surface area contributed by atoms with Gasteiger partial charge in [-0.3, -0.25) is 0 Å². The molecule has 3 N–H and O–H groups in total. The minimum atomic E-state index is -3.45. The molecule has 0 aliphatic rings. The van der Waals surface area contributed by atoms with Crippen LogP contribution >= 0.6 is 24.0 Å². The van der Waals surface area contributed by atoms with E-state index in [9.17, 15) is 13.5 Å². The Morgan fingerprint density at radius 1 is 1.19 bits per heavy atom. The van der Waals surface area contributed by atoms with E-state index < -0.39 is 15.6 Å². The van der Waals surface area contributed by atoms with Gasteiger partial charge < -0.3 is 20.2 Å². The van der Waals surface area contributed by atoms with Crippen LogP contribution in [-0.4, -0.2) is 51.0 Å². The van der Waals surface area contributed by atoms with E-state index in [2.05, 4.69) is 15.6 Å². The molecular formula is C21H33IN4O4S. The minimum absolute atomic E-state index is 0. The van der Waals surface area contributed by atoms with Gasteiger partial charge in [-0.1, -0.05) is 12.1 Å². The molecule has 0 aliphatic heterocycles. The second-order valence-corrected chi connectivity index (χ2v) is 9.73. The first kappa shape index (κ1) is 27.4. The Balaban J connectivity index is 0.00000480. The van der Waals surface area contributed by atoms with Crippen LogP contribution in [0.5, 0.6) is 0 Å². The van der Waals surface area contributed by atoms with Gasteiger partial charge in [0.1, 0.15) is 17.1 Å². The van der Waals surface area contributed by atoms with Crippen LogP contribution in [0, 0.1) is 13.8 Å². The molecule has 1 atom stereocenters. The Morgan fingerprint density at radius 2 is 1.81 bits per heavy atom. The summed E-state index contributed by atoms with van der Waals surface area (Å²) in [5, 5.41) is 17.2. The summed E-state index contributed by atoms with van der Waals surface area (Å²) in [5.41, 5.74) is 0.485. The fourth-order valence-corrected chi connectivity index (χ4v) is 3.91. The molecule has 1 aromatic carbocycles. The Kier molecular flexibility index (Phi) is 9.99. The van der Waals surface area contributed by atoms with Crippen LogP contribution in [0.3, 0.4) is 0 Å². The van der Waals surface area contributed by atoms with Crippen LogP contribution in [-0.2, 0) is 22.2 Å². The third kappa shape index (κ3) is 7.19. The number of aliphatic hydroxyl groups is 1. The summed E-state index contributed by atoms with van der Waals surface area (Å²) in [6, 6.07) is 8.49. The fraction of sp³-hybridized carbons (Fsp3) is 0.476. The number of benzene rings is 1. The van der Waals surface area contributed by atoms with Gasteiger partial charge in [0.25, 0.3) is 0 Å². The van der Waals surface area contributed by atoms with Crippen LogP contribution in [0.1, 0.15) is 36.5 Å². The molecule has 2 aromatic rings. The number of sulfonamides is 1. The van der Waals surface area contributed by atoms with Gasteiger partial charge in [-0.05, 0) is 51.5 Å². The van der Waals surface area contributed by atoms with E-state index >= 15 is 0 Å². The molecular weight excluding hydrogens is 531 g/mol. The van der Waals surface area contributed by atoms with Gasteiger partial charge in [0.2, 0.25) is 10.0 Å². The Labute approximate surface area is 202 Å². The molecule has 0 amide bonds. The number of nitrogens with one attached hydrogen (secondary N) is 2. The lowest BCUT2D eigenvalue weighted by atomic mass is 9.96. The van der Waals surface area contributed by atoms with Gasteiger partial charge in [0.05, 0.1) is 18.0 Å². The van der Waals surface area contributed by atoms with Gasteiger partial charge in [-0.25, -0.2) is 17.7 Å². The first-order chi connectivity index (χ1) is 14.0. The number of hydrogen-bond acceptors (Lipinski definition) is 5. The van der Waals surface area contributed by atoms with E-state index in [4.69, 9.17) is 4.42 Å². The number of hydrogen-bond donors (Lipinski definition) is 3. The van der Waals surface area contributed by atoms with Crippen LogP contribution in [0.25, 0.3) is 0 Å². The molecule has 174 valence electrons. The van der Waals surface area contributed by atoms with E-state index in [1.54, 1.807) is 31.2 Å². The summed E-state index contributed by atoms with van der Waals surface area (Å²) in [6.45, 7) is 8.64. The van der Waals surface area contributed by atoms with E-state index in [0.29, 0.717) is 24.8 Å². The summed E-state index contributed by atoms with van der Waals surface area (Å²) < 4.78 is 31.0. The number of halogens is 1. The largest absolute Gasteiger partial charge is 0.466 e. The van der Waals surface area contributed by atoms with E-state index in [1.807, 2.05) is 26.8 Å². The number of aliphatic imine (C=N–C) groups is 1. The third-order valence-corrected chi connectivity index (χ3v) is 6.52. The topological polar surface area (TPSA) is 107 Å². The molecule has 1 aromatic heterocycles. The molecule has 31 heavy (non-hydrogen) atoms. The number of guanidine groups is 1. The summed E-state index contributed by atoms with van der Waals surface area (Å²) in [5.74, 6) is 2.00. The first-order valence-electron chi connectivity index (χ1n) is 9.81. The van der Waals surface area contributed by atoms with Crippen molar-refractivity contribution in [2.45, 2.75) is 44.7 Å². The highest BCUT2D eigenvalue weighted by Gasteiger charge is 2.27. The first-order valence-corrected chi connectivity index (χ1v) is 11.2. The van der Waals surface area contributed by atoms with Crippen molar-refractivity contribution in [3.05, 3.63) is 53.0 Å². The lowest BCUT2D eigenvalue weighted by molar-refractivity contribution is 0.0601. The maximum absolute atomic E-state index is 12.2. The number of aryl methyl sites for hydroxylation is 2. The molecule has 0 aliphatic carbocycles. The maximum Gasteiger partial charge on any atom is 0.242 e. The molecule has 0 bridgehead atoms. The molecule has 8 nitrogen and oxygen atoms in total. The third-order valence-electron chi connectivity index (χ3n) is 4.69. The van der Waals surface area contributed by atoms with Gasteiger partial charge in [0, 0.05) is 26.2 Å². The van der Waals surface area contributed by atoms with E-state index in [0.717, 1.165) is 16.9 Å². The summed E-state index contributed by atoms with van der Waals surface area (Å²) in [7, 11) is -0.443. The van der Waals surface area contributed by atoms with Gasteiger partial charge in [-0.15, -0.1) is 24.0 Å². The molecule has 10 heteroatoms. The smallest absolute Gasteiger partial charge is 0.242 e. The fourth-order valence-electron chi connectivity index (χ4n) is 3.01. The lowest BCUT2D eigenvalue weighted by Crippen LogP contribution is -2.44. The Morgan fingerprint density at radius 3 is 2.29 bits per heavy atom. The van der Waals surface area contributed by atoms with Crippen LogP contribution < -0.4 is 10.6 Å². The second-order valence-electron chi connectivity index (χ2n) is 7.58. The summed E-state index contributed by atoms with van der Waals surface area (Å²) >= 11 is 0.